The second-order valence-electron chi connectivity index (χ2n) is 8.25. The molecule has 0 unspecified atom stereocenters. The molecule has 6 heteroatoms. The Morgan fingerprint density at radius 3 is 0.933 bits per heavy atom. The molecule has 0 amide bonds. The first-order valence-corrected chi connectivity index (χ1v) is 14.2. The monoisotopic (exact) mass is 573 g/mol. The summed E-state index contributed by atoms with van der Waals surface area (Å²) in [7, 11) is -3.40. The molecule has 0 heterocycles. The Hall–Kier alpha value is 1.30. The Morgan fingerprint density at radius 1 is 0.433 bits per heavy atom. The van der Waals surface area contributed by atoms with Crippen LogP contribution >= 0.6 is 7.82 Å². The van der Waals surface area contributed by atoms with Gasteiger partial charge in [0.2, 0.25) is 0 Å². The van der Waals surface area contributed by atoms with Crippen LogP contribution in [-0.4, -0.2) is 19.8 Å². The van der Waals surface area contributed by atoms with Crippen LogP contribution in [-0.2, 0) is 18.1 Å². The van der Waals surface area contributed by atoms with Crippen molar-refractivity contribution in [1.29, 1.82) is 0 Å². The van der Waals surface area contributed by atoms with Crippen molar-refractivity contribution < 1.29 is 53.7 Å². The van der Waals surface area contributed by atoms with Gasteiger partial charge in [0.25, 0.3) is 0 Å². The predicted molar refractivity (Wildman–Crippen MR) is 126 cm³/mol. The van der Waals surface area contributed by atoms with E-state index in [1.807, 2.05) is 0 Å². The van der Waals surface area contributed by atoms with Crippen LogP contribution in [0.15, 0.2) is 0 Å². The van der Waals surface area contributed by atoms with E-state index < -0.39 is 7.82 Å². The molecule has 0 aliphatic heterocycles. The molecule has 0 N–H and O–H groups in total. The standard InChI is InChI=1S/C24H51O4P.La/c1-4-7-10-13-16-19-22-26-29(25,27-23-20-17-14-11-8-5-2)28-24-21-18-15-12-9-6-3;/h4-24H2,1-3H3;. The average molecular weight is 574 g/mol. The molecule has 0 aromatic heterocycles. The van der Waals surface area contributed by atoms with Crippen molar-refractivity contribution in [3.8, 4) is 0 Å². The second kappa shape index (κ2) is 26.6. The van der Waals surface area contributed by atoms with Gasteiger partial charge < -0.3 is 0 Å². The first-order valence-electron chi connectivity index (χ1n) is 12.7. The first kappa shape index (κ1) is 33.5. The van der Waals surface area contributed by atoms with Crippen LogP contribution in [0, 0.1) is 35.6 Å². The summed E-state index contributed by atoms with van der Waals surface area (Å²) in [6.07, 6.45) is 21.3. The van der Waals surface area contributed by atoms with Gasteiger partial charge in [0.15, 0.2) is 0 Å². The van der Waals surface area contributed by atoms with E-state index >= 15 is 0 Å². The van der Waals surface area contributed by atoms with Crippen molar-refractivity contribution in [2.45, 2.75) is 136 Å². The largest absolute Gasteiger partial charge is 0.474 e. The van der Waals surface area contributed by atoms with Gasteiger partial charge in [-0.3, -0.25) is 13.6 Å². The molecule has 0 spiro atoms. The molecule has 1 radical (unpaired) electrons. The van der Waals surface area contributed by atoms with E-state index in [9.17, 15) is 4.57 Å². The number of rotatable bonds is 24. The zero-order valence-corrected chi connectivity index (χ0v) is 25.0. The van der Waals surface area contributed by atoms with Gasteiger partial charge in [-0.15, -0.1) is 0 Å². The first-order chi connectivity index (χ1) is 14.2. The molecule has 0 fully saturated rings. The van der Waals surface area contributed by atoms with E-state index in [2.05, 4.69) is 20.8 Å². The molecule has 0 bridgehead atoms. The number of phosphoric ester groups is 1. The summed E-state index contributed by atoms with van der Waals surface area (Å²) in [4.78, 5) is 0. The molecule has 4 nitrogen and oxygen atoms in total. The summed E-state index contributed by atoms with van der Waals surface area (Å²) in [5, 5.41) is 0. The van der Waals surface area contributed by atoms with E-state index in [0.717, 1.165) is 38.5 Å². The van der Waals surface area contributed by atoms with Gasteiger partial charge in [0, 0.05) is 35.6 Å². The molecule has 0 aliphatic carbocycles. The van der Waals surface area contributed by atoms with Gasteiger partial charge in [-0.2, -0.15) is 0 Å². The Balaban J connectivity index is 0. The normalized spacial score (nSPS) is 11.6. The van der Waals surface area contributed by atoms with Crippen LogP contribution in [0.4, 0.5) is 0 Å². The van der Waals surface area contributed by atoms with Crippen molar-refractivity contribution in [3.05, 3.63) is 0 Å². The minimum Gasteiger partial charge on any atom is -0.287 e. The Kier molecular flexibility index (Phi) is 29.6. The zero-order valence-electron chi connectivity index (χ0n) is 20.5. The van der Waals surface area contributed by atoms with Gasteiger partial charge in [-0.25, -0.2) is 4.57 Å². The quantitative estimate of drug-likeness (QED) is 0.0853. The smallest absolute Gasteiger partial charge is 0.287 e. The van der Waals surface area contributed by atoms with Gasteiger partial charge >= 0.3 is 7.82 Å². The molecule has 0 saturated heterocycles. The Labute approximate surface area is 216 Å². The third-order valence-electron chi connectivity index (χ3n) is 5.24. The van der Waals surface area contributed by atoms with Gasteiger partial charge in [-0.1, -0.05) is 117 Å². The van der Waals surface area contributed by atoms with Gasteiger partial charge in [0.05, 0.1) is 19.8 Å². The fourth-order valence-electron chi connectivity index (χ4n) is 3.29. The summed E-state index contributed by atoms with van der Waals surface area (Å²) in [5.74, 6) is 0. The fourth-order valence-corrected chi connectivity index (χ4v) is 4.57. The Bertz CT molecular complexity index is 317. The zero-order chi connectivity index (χ0) is 21.5. The summed E-state index contributed by atoms with van der Waals surface area (Å²) in [6, 6.07) is 0. The molecule has 0 aromatic carbocycles. The summed E-state index contributed by atoms with van der Waals surface area (Å²) < 4.78 is 29.9. The number of phosphoric acid groups is 1. The maximum Gasteiger partial charge on any atom is 0.474 e. The van der Waals surface area contributed by atoms with Crippen molar-refractivity contribution in [1.82, 2.24) is 0 Å². The van der Waals surface area contributed by atoms with E-state index in [0.29, 0.717) is 19.8 Å². The molecule has 0 rings (SSSR count). The maximum atomic E-state index is 13.0. The number of unbranched alkanes of at least 4 members (excludes halogenated alkanes) is 15. The van der Waals surface area contributed by atoms with Crippen molar-refractivity contribution in [3.63, 3.8) is 0 Å². The molecular formula is C24H51LaO4P. The summed E-state index contributed by atoms with van der Waals surface area (Å²) >= 11 is 0. The van der Waals surface area contributed by atoms with E-state index in [-0.39, 0.29) is 35.6 Å². The fraction of sp³-hybridized carbons (Fsp3) is 1.00. The van der Waals surface area contributed by atoms with Crippen LogP contribution < -0.4 is 0 Å². The SMILES string of the molecule is CCCCCCCCOP(=O)(OCCCCCCCC)OCCCCCCCC.[La]. The number of hydrogen-bond acceptors (Lipinski definition) is 4. The van der Waals surface area contributed by atoms with Crippen LogP contribution in [0.5, 0.6) is 0 Å². The van der Waals surface area contributed by atoms with E-state index in [1.165, 1.54) is 77.0 Å². The van der Waals surface area contributed by atoms with Crippen LogP contribution in [0.3, 0.4) is 0 Å². The summed E-state index contributed by atoms with van der Waals surface area (Å²) in [5.41, 5.74) is 0. The minimum absolute atomic E-state index is 0. The minimum atomic E-state index is -3.40. The van der Waals surface area contributed by atoms with Crippen LogP contribution in [0.2, 0.25) is 0 Å². The molecular weight excluding hydrogens is 522 g/mol. The molecule has 0 aliphatic rings. The predicted octanol–water partition coefficient (Wildman–Crippen LogP) is 9.23. The molecule has 0 atom stereocenters. The third kappa shape index (κ3) is 24.0. The van der Waals surface area contributed by atoms with E-state index in [1.54, 1.807) is 0 Å². The van der Waals surface area contributed by atoms with E-state index in [4.69, 9.17) is 13.6 Å². The maximum absolute atomic E-state index is 13.0. The van der Waals surface area contributed by atoms with Crippen molar-refractivity contribution >= 4 is 7.82 Å². The molecule has 0 saturated carbocycles. The van der Waals surface area contributed by atoms with Crippen molar-refractivity contribution in [2.24, 2.45) is 0 Å². The molecule has 0 aromatic rings. The van der Waals surface area contributed by atoms with Crippen LogP contribution in [0.25, 0.3) is 0 Å². The van der Waals surface area contributed by atoms with Crippen molar-refractivity contribution in [2.75, 3.05) is 19.8 Å². The van der Waals surface area contributed by atoms with Gasteiger partial charge in [0.1, 0.15) is 0 Å². The number of hydrogen-bond donors (Lipinski definition) is 0. The third-order valence-corrected chi connectivity index (χ3v) is 6.74. The average Bonchev–Trinajstić information content (AvgIpc) is 2.72. The molecule has 30 heavy (non-hydrogen) atoms. The second-order valence-corrected chi connectivity index (χ2v) is 9.92. The summed E-state index contributed by atoms with van der Waals surface area (Å²) in [6.45, 7) is 8.08. The van der Waals surface area contributed by atoms with Crippen LogP contribution in [0.1, 0.15) is 136 Å². The topological polar surface area (TPSA) is 44.8 Å². The molecule has 179 valence electrons. The van der Waals surface area contributed by atoms with Gasteiger partial charge in [-0.05, 0) is 19.3 Å². The Morgan fingerprint density at radius 2 is 0.667 bits per heavy atom.